The predicted molar refractivity (Wildman–Crippen MR) is 97.0 cm³/mol. The van der Waals surface area contributed by atoms with Gasteiger partial charge >= 0.3 is 0 Å². The molecule has 4 heteroatoms. The minimum Gasteiger partial charge on any atom is -0.245 e. The lowest BCUT2D eigenvalue weighted by Crippen LogP contribution is -2.04. The molecule has 0 aliphatic rings. The molecule has 1 N–H and O–H groups in total. The Hall–Kier alpha value is -2.23. The summed E-state index contributed by atoms with van der Waals surface area (Å²) in [5.74, 6) is 0.556. The van der Waals surface area contributed by atoms with E-state index >= 15 is 0 Å². The lowest BCUT2D eigenvalue weighted by atomic mass is 10.0. The summed E-state index contributed by atoms with van der Waals surface area (Å²) < 4.78 is 0. The third-order valence-electron chi connectivity index (χ3n) is 3.78. The van der Waals surface area contributed by atoms with Crippen molar-refractivity contribution in [2.24, 2.45) is 5.10 Å². The van der Waals surface area contributed by atoms with Gasteiger partial charge in [0, 0.05) is 11.4 Å². The maximum atomic E-state index is 4.44. The van der Waals surface area contributed by atoms with Gasteiger partial charge in [-0.15, -0.1) is 0 Å². The zero-order valence-electron chi connectivity index (χ0n) is 14.6. The zero-order valence-corrected chi connectivity index (χ0v) is 14.6. The van der Waals surface area contributed by atoms with Crippen molar-refractivity contribution in [1.82, 2.24) is 9.97 Å². The average molecular weight is 310 g/mol. The maximum Gasteiger partial charge on any atom is 0.243 e. The molecule has 4 nitrogen and oxygen atoms in total. The van der Waals surface area contributed by atoms with Crippen LogP contribution >= 0.6 is 0 Å². The van der Waals surface area contributed by atoms with Gasteiger partial charge in [-0.3, -0.25) is 0 Å². The summed E-state index contributed by atoms with van der Waals surface area (Å²) in [6.45, 7) is 8.26. The molecule has 0 radical (unpaired) electrons. The van der Waals surface area contributed by atoms with Gasteiger partial charge in [-0.25, -0.2) is 15.4 Å². The Morgan fingerprint density at radius 3 is 2.52 bits per heavy atom. The van der Waals surface area contributed by atoms with Crippen molar-refractivity contribution in [1.29, 1.82) is 0 Å². The number of benzene rings is 1. The van der Waals surface area contributed by atoms with Crippen LogP contribution in [0.2, 0.25) is 0 Å². The molecule has 0 fully saturated rings. The Kier molecular flexibility index (Phi) is 6.27. The van der Waals surface area contributed by atoms with E-state index in [0.29, 0.717) is 5.95 Å². The summed E-state index contributed by atoms with van der Waals surface area (Å²) >= 11 is 0. The molecule has 0 bridgehead atoms. The molecule has 2 aromatic rings. The van der Waals surface area contributed by atoms with E-state index in [1.807, 2.05) is 19.9 Å². The molecule has 0 saturated carbocycles. The summed E-state index contributed by atoms with van der Waals surface area (Å²) in [7, 11) is 0. The minimum atomic E-state index is 0.556. The second kappa shape index (κ2) is 8.42. The van der Waals surface area contributed by atoms with Gasteiger partial charge in [-0.2, -0.15) is 5.10 Å². The molecule has 122 valence electrons. The smallest absolute Gasteiger partial charge is 0.243 e. The molecule has 0 atom stereocenters. The number of hydrogen-bond donors (Lipinski definition) is 1. The predicted octanol–water partition coefficient (Wildman–Crippen LogP) is 4.53. The molecule has 0 aliphatic carbocycles. The standard InChI is InChI=1S/C19H26N4/c1-5-7-8-16-9-11-17(12-10-16)15(4)22-23-19-20-14(3)13-18(6-2)21-19/h9-13H,5-8H2,1-4H3,(H,20,21,23). The second-order valence-corrected chi connectivity index (χ2v) is 5.79. The third kappa shape index (κ3) is 5.16. The molecule has 0 spiro atoms. The van der Waals surface area contributed by atoms with Crippen molar-refractivity contribution in [3.05, 3.63) is 52.8 Å². The monoisotopic (exact) mass is 310 g/mol. The van der Waals surface area contributed by atoms with E-state index in [2.05, 4.69) is 58.6 Å². The van der Waals surface area contributed by atoms with E-state index in [4.69, 9.17) is 0 Å². The number of aryl methyl sites for hydroxylation is 3. The average Bonchev–Trinajstić information content (AvgIpc) is 2.57. The molecular weight excluding hydrogens is 284 g/mol. The van der Waals surface area contributed by atoms with Crippen LogP contribution in [-0.4, -0.2) is 15.7 Å². The van der Waals surface area contributed by atoms with Crippen molar-refractivity contribution < 1.29 is 0 Å². The first-order valence-electron chi connectivity index (χ1n) is 8.36. The summed E-state index contributed by atoms with van der Waals surface area (Å²) in [4.78, 5) is 8.80. The van der Waals surface area contributed by atoms with Gasteiger partial charge in [0.1, 0.15) is 0 Å². The summed E-state index contributed by atoms with van der Waals surface area (Å²) in [5.41, 5.74) is 8.36. The number of aromatic nitrogens is 2. The van der Waals surface area contributed by atoms with E-state index < -0.39 is 0 Å². The molecule has 0 unspecified atom stereocenters. The van der Waals surface area contributed by atoms with Crippen LogP contribution in [0.5, 0.6) is 0 Å². The topological polar surface area (TPSA) is 50.2 Å². The first-order valence-corrected chi connectivity index (χ1v) is 8.36. The van der Waals surface area contributed by atoms with E-state index in [1.165, 1.54) is 18.4 Å². The van der Waals surface area contributed by atoms with Crippen molar-refractivity contribution in [3.63, 3.8) is 0 Å². The first-order chi connectivity index (χ1) is 11.1. The highest BCUT2D eigenvalue weighted by molar-refractivity contribution is 5.99. The lowest BCUT2D eigenvalue weighted by molar-refractivity contribution is 0.795. The molecule has 0 aliphatic heterocycles. The normalized spacial score (nSPS) is 11.6. The lowest BCUT2D eigenvalue weighted by Gasteiger charge is -2.06. The van der Waals surface area contributed by atoms with Crippen LogP contribution in [-0.2, 0) is 12.8 Å². The number of hydrazone groups is 1. The number of nitrogens with zero attached hydrogens (tertiary/aromatic N) is 3. The Bertz CT molecular complexity index is 660. The summed E-state index contributed by atoms with van der Waals surface area (Å²) in [5, 5.41) is 4.41. The molecule has 0 amide bonds. The van der Waals surface area contributed by atoms with E-state index in [0.717, 1.165) is 35.5 Å². The number of unbranched alkanes of at least 4 members (excludes halogenated alkanes) is 1. The van der Waals surface area contributed by atoms with Crippen LogP contribution in [0.25, 0.3) is 0 Å². The molecular formula is C19H26N4. The van der Waals surface area contributed by atoms with Crippen molar-refractivity contribution in [2.45, 2.75) is 53.4 Å². The van der Waals surface area contributed by atoms with Gasteiger partial charge in [-0.05, 0) is 50.3 Å². The van der Waals surface area contributed by atoms with Crippen LogP contribution in [0.1, 0.15) is 56.1 Å². The number of rotatable bonds is 7. The molecule has 0 saturated heterocycles. The van der Waals surface area contributed by atoms with E-state index in [9.17, 15) is 0 Å². The van der Waals surface area contributed by atoms with Crippen LogP contribution in [0.3, 0.4) is 0 Å². The largest absolute Gasteiger partial charge is 0.245 e. The highest BCUT2D eigenvalue weighted by atomic mass is 15.4. The Labute approximate surface area is 139 Å². The van der Waals surface area contributed by atoms with Crippen LogP contribution < -0.4 is 5.43 Å². The SMILES string of the molecule is CCCCc1ccc(C(C)=NNc2nc(C)cc(CC)n2)cc1. The van der Waals surface area contributed by atoms with E-state index in [1.54, 1.807) is 0 Å². The van der Waals surface area contributed by atoms with Crippen molar-refractivity contribution in [2.75, 3.05) is 5.43 Å². The molecule has 2 rings (SSSR count). The van der Waals surface area contributed by atoms with Crippen molar-refractivity contribution >= 4 is 11.7 Å². The van der Waals surface area contributed by atoms with Gasteiger partial charge in [0.05, 0.1) is 5.71 Å². The fourth-order valence-corrected chi connectivity index (χ4v) is 2.36. The van der Waals surface area contributed by atoms with Gasteiger partial charge in [0.15, 0.2) is 0 Å². The Morgan fingerprint density at radius 1 is 1.13 bits per heavy atom. The molecule has 1 aromatic carbocycles. The summed E-state index contributed by atoms with van der Waals surface area (Å²) in [6.07, 6.45) is 4.49. The minimum absolute atomic E-state index is 0.556. The van der Waals surface area contributed by atoms with Gasteiger partial charge in [-0.1, -0.05) is 44.5 Å². The fraction of sp³-hybridized carbons (Fsp3) is 0.421. The Morgan fingerprint density at radius 2 is 1.87 bits per heavy atom. The number of nitrogens with one attached hydrogen (secondary N) is 1. The quantitative estimate of drug-likeness (QED) is 0.604. The van der Waals surface area contributed by atoms with Gasteiger partial charge in [0.2, 0.25) is 5.95 Å². The third-order valence-corrected chi connectivity index (χ3v) is 3.78. The number of hydrogen-bond acceptors (Lipinski definition) is 4. The number of anilines is 1. The van der Waals surface area contributed by atoms with Crippen LogP contribution in [0.4, 0.5) is 5.95 Å². The van der Waals surface area contributed by atoms with Gasteiger partial charge in [0.25, 0.3) is 0 Å². The van der Waals surface area contributed by atoms with Crippen LogP contribution in [0.15, 0.2) is 35.4 Å². The first kappa shape index (κ1) is 17.1. The van der Waals surface area contributed by atoms with E-state index in [-0.39, 0.29) is 0 Å². The molecule has 1 heterocycles. The highest BCUT2D eigenvalue weighted by Gasteiger charge is 2.02. The maximum absolute atomic E-state index is 4.44. The molecule has 23 heavy (non-hydrogen) atoms. The molecule has 1 aromatic heterocycles. The van der Waals surface area contributed by atoms with Crippen molar-refractivity contribution in [3.8, 4) is 0 Å². The fourth-order valence-electron chi connectivity index (χ4n) is 2.36. The summed E-state index contributed by atoms with van der Waals surface area (Å²) in [6, 6.07) is 10.6. The zero-order chi connectivity index (χ0) is 16.7. The Balaban J connectivity index is 2.06. The van der Waals surface area contributed by atoms with Gasteiger partial charge < -0.3 is 0 Å². The van der Waals surface area contributed by atoms with Crippen LogP contribution in [0, 0.1) is 6.92 Å². The second-order valence-electron chi connectivity index (χ2n) is 5.79. The highest BCUT2D eigenvalue weighted by Crippen LogP contribution is 2.10.